The van der Waals surface area contributed by atoms with E-state index in [2.05, 4.69) is 69.4 Å². The molecule has 0 aliphatic carbocycles. The van der Waals surface area contributed by atoms with Crippen LogP contribution < -0.4 is 10.2 Å². The molecule has 1 N–H and O–H groups in total. The van der Waals surface area contributed by atoms with Gasteiger partial charge in [-0.05, 0) is 56.4 Å². The van der Waals surface area contributed by atoms with Gasteiger partial charge in [0.2, 0.25) is 0 Å². The zero-order valence-electron chi connectivity index (χ0n) is 17.8. The zero-order chi connectivity index (χ0) is 20.9. The number of fused-ring (bicyclic) bond motifs is 1. The van der Waals surface area contributed by atoms with Crippen LogP contribution >= 0.6 is 0 Å². The summed E-state index contributed by atoms with van der Waals surface area (Å²) in [6.07, 6.45) is 3.00. The lowest BCUT2D eigenvalue weighted by molar-refractivity contribution is 0.0938. The number of hydrogen-bond donors (Lipinski definition) is 1. The second-order valence-electron chi connectivity index (χ2n) is 8.24. The molecular weight excluding hydrogens is 372 g/mol. The molecule has 1 atom stereocenters. The van der Waals surface area contributed by atoms with E-state index in [1.165, 1.54) is 16.9 Å². The molecule has 1 aliphatic rings. The Morgan fingerprint density at radius 1 is 1.07 bits per heavy atom. The van der Waals surface area contributed by atoms with E-state index in [1.807, 2.05) is 25.1 Å². The van der Waals surface area contributed by atoms with E-state index >= 15 is 0 Å². The van der Waals surface area contributed by atoms with Crippen LogP contribution in [0, 0.1) is 6.92 Å². The van der Waals surface area contributed by atoms with Gasteiger partial charge in [-0.15, -0.1) is 0 Å². The van der Waals surface area contributed by atoms with E-state index in [4.69, 9.17) is 0 Å². The number of carbonyl (C=O) groups is 1. The minimum Gasteiger partial charge on any atom is -0.352 e. The average Bonchev–Trinajstić information content (AvgIpc) is 3.15. The van der Waals surface area contributed by atoms with Crippen molar-refractivity contribution < 1.29 is 4.79 Å². The fraction of sp³-hybridized carbons (Fsp3) is 0.360. The maximum absolute atomic E-state index is 12.6. The summed E-state index contributed by atoms with van der Waals surface area (Å²) in [6, 6.07) is 20.7. The van der Waals surface area contributed by atoms with E-state index in [9.17, 15) is 4.79 Å². The number of anilines is 1. The largest absolute Gasteiger partial charge is 0.352 e. The Morgan fingerprint density at radius 2 is 1.83 bits per heavy atom. The van der Waals surface area contributed by atoms with Gasteiger partial charge in [-0.25, -0.2) is 4.68 Å². The molecule has 1 aromatic heterocycles. The summed E-state index contributed by atoms with van der Waals surface area (Å²) >= 11 is 0. The highest BCUT2D eigenvalue weighted by Gasteiger charge is 2.18. The first-order valence-corrected chi connectivity index (χ1v) is 10.8. The van der Waals surface area contributed by atoms with Crippen molar-refractivity contribution >= 4 is 11.7 Å². The summed E-state index contributed by atoms with van der Waals surface area (Å²) in [6.45, 7) is 6.96. The third-order valence-electron chi connectivity index (χ3n) is 5.68. The molecule has 0 radical (unpaired) electrons. The van der Waals surface area contributed by atoms with Gasteiger partial charge in [0.05, 0.1) is 5.69 Å². The van der Waals surface area contributed by atoms with Gasteiger partial charge in [-0.1, -0.05) is 42.5 Å². The Labute approximate surface area is 178 Å². The number of nitrogens with one attached hydrogen (secondary N) is 1. The molecule has 2 aromatic carbocycles. The smallest absolute Gasteiger partial charge is 0.251 e. The van der Waals surface area contributed by atoms with E-state index in [0.717, 1.165) is 44.6 Å². The predicted molar refractivity (Wildman–Crippen MR) is 121 cm³/mol. The Bertz CT molecular complexity index is 978. The highest BCUT2D eigenvalue weighted by molar-refractivity contribution is 5.94. The van der Waals surface area contributed by atoms with E-state index < -0.39 is 0 Å². The maximum Gasteiger partial charge on any atom is 0.251 e. The van der Waals surface area contributed by atoms with Crippen molar-refractivity contribution in [2.45, 2.75) is 52.2 Å². The quantitative estimate of drug-likeness (QED) is 0.639. The number of amides is 1. The first kappa shape index (κ1) is 20.2. The van der Waals surface area contributed by atoms with E-state index in [-0.39, 0.29) is 11.9 Å². The zero-order valence-corrected chi connectivity index (χ0v) is 17.8. The van der Waals surface area contributed by atoms with Gasteiger partial charge in [0.25, 0.3) is 5.91 Å². The molecule has 30 heavy (non-hydrogen) atoms. The molecular formula is C25H30N4O. The van der Waals surface area contributed by atoms with Crippen LogP contribution in [0.3, 0.4) is 0 Å². The number of rotatable bonds is 7. The van der Waals surface area contributed by atoms with Crippen molar-refractivity contribution in [1.29, 1.82) is 0 Å². The first-order valence-electron chi connectivity index (χ1n) is 10.8. The van der Waals surface area contributed by atoms with Crippen molar-refractivity contribution in [3.05, 3.63) is 83.0 Å². The number of aromatic nitrogens is 2. The summed E-state index contributed by atoms with van der Waals surface area (Å²) in [5, 5.41) is 7.69. The molecule has 5 nitrogen and oxygen atoms in total. The summed E-state index contributed by atoms with van der Waals surface area (Å²) < 4.78 is 2.09. The van der Waals surface area contributed by atoms with Crippen molar-refractivity contribution in [2.24, 2.45) is 0 Å². The normalized spacial score (nSPS) is 14.3. The van der Waals surface area contributed by atoms with Crippen molar-refractivity contribution in [3.63, 3.8) is 0 Å². The number of aryl methyl sites for hydroxylation is 3. The number of benzene rings is 2. The fourth-order valence-corrected chi connectivity index (χ4v) is 4.03. The molecule has 0 unspecified atom stereocenters. The number of hydrogen-bond acceptors (Lipinski definition) is 3. The van der Waals surface area contributed by atoms with Gasteiger partial charge < -0.3 is 10.2 Å². The van der Waals surface area contributed by atoms with Crippen LogP contribution in [0.4, 0.5) is 5.82 Å². The van der Waals surface area contributed by atoms with Gasteiger partial charge in [-0.2, -0.15) is 5.10 Å². The number of nitrogens with zero attached hydrogens (tertiary/aromatic N) is 3. The van der Waals surface area contributed by atoms with E-state index in [0.29, 0.717) is 5.56 Å². The molecule has 4 rings (SSSR count). The summed E-state index contributed by atoms with van der Waals surface area (Å²) in [5.41, 5.74) is 4.28. The molecule has 0 spiro atoms. The van der Waals surface area contributed by atoms with Gasteiger partial charge in [0.1, 0.15) is 5.82 Å². The lowest BCUT2D eigenvalue weighted by atomic mass is 10.1. The molecule has 0 saturated heterocycles. The van der Waals surface area contributed by atoms with Gasteiger partial charge in [-0.3, -0.25) is 4.79 Å². The number of carbonyl (C=O) groups excluding carboxylic acids is 1. The Hall–Kier alpha value is -3.08. The minimum absolute atomic E-state index is 0.00575. The van der Waals surface area contributed by atoms with Crippen LogP contribution in [0.5, 0.6) is 0 Å². The molecule has 1 amide bonds. The topological polar surface area (TPSA) is 50.2 Å². The van der Waals surface area contributed by atoms with Crippen molar-refractivity contribution in [1.82, 2.24) is 15.1 Å². The van der Waals surface area contributed by atoms with Crippen LogP contribution in [0.25, 0.3) is 0 Å². The third kappa shape index (κ3) is 4.90. The predicted octanol–water partition coefficient (Wildman–Crippen LogP) is 4.35. The average molecular weight is 403 g/mol. The monoisotopic (exact) mass is 402 g/mol. The highest BCUT2D eigenvalue weighted by atomic mass is 16.1. The van der Waals surface area contributed by atoms with Crippen LogP contribution in [0.1, 0.15) is 46.9 Å². The third-order valence-corrected chi connectivity index (χ3v) is 5.68. The Kier molecular flexibility index (Phi) is 6.17. The van der Waals surface area contributed by atoms with Gasteiger partial charge in [0.15, 0.2) is 0 Å². The van der Waals surface area contributed by atoms with Crippen molar-refractivity contribution in [3.8, 4) is 0 Å². The Morgan fingerprint density at radius 3 is 2.60 bits per heavy atom. The first-order chi connectivity index (χ1) is 14.6. The lowest BCUT2D eigenvalue weighted by Crippen LogP contribution is -2.33. The second kappa shape index (κ2) is 9.16. The SMILES string of the molecule is Cc1cc2n(n1)CCCN2Cc1ccc(C(=O)N[C@H](C)CCc2ccccc2)cc1. The highest BCUT2D eigenvalue weighted by Crippen LogP contribution is 2.23. The van der Waals surface area contributed by atoms with Gasteiger partial charge in [0, 0.05) is 37.3 Å². The lowest BCUT2D eigenvalue weighted by Gasteiger charge is -2.29. The molecule has 1 aliphatic heterocycles. The molecule has 0 fully saturated rings. The molecule has 0 saturated carbocycles. The Balaban J connectivity index is 1.31. The van der Waals surface area contributed by atoms with Gasteiger partial charge >= 0.3 is 0 Å². The molecule has 5 heteroatoms. The molecule has 3 aromatic rings. The fourth-order valence-electron chi connectivity index (χ4n) is 4.03. The minimum atomic E-state index is -0.00575. The second-order valence-corrected chi connectivity index (χ2v) is 8.24. The van der Waals surface area contributed by atoms with E-state index in [1.54, 1.807) is 0 Å². The molecule has 0 bridgehead atoms. The summed E-state index contributed by atoms with van der Waals surface area (Å²) in [5.74, 6) is 1.18. The van der Waals surface area contributed by atoms with Crippen LogP contribution in [-0.2, 0) is 19.5 Å². The van der Waals surface area contributed by atoms with Crippen molar-refractivity contribution in [2.75, 3.05) is 11.4 Å². The summed E-state index contributed by atoms with van der Waals surface area (Å²) in [7, 11) is 0. The summed E-state index contributed by atoms with van der Waals surface area (Å²) in [4.78, 5) is 15.0. The maximum atomic E-state index is 12.6. The van der Waals surface area contributed by atoms with Crippen LogP contribution in [-0.4, -0.2) is 28.3 Å². The molecule has 2 heterocycles. The van der Waals surface area contributed by atoms with Crippen LogP contribution in [0.2, 0.25) is 0 Å². The van der Waals surface area contributed by atoms with Crippen LogP contribution in [0.15, 0.2) is 60.7 Å². The molecule has 156 valence electrons. The standard InChI is InChI=1S/C25H30N4O/c1-19(9-10-21-7-4-3-5-8-21)26-25(30)23-13-11-22(12-14-23)18-28-15-6-16-29-24(28)17-20(2)27-29/h3-5,7-8,11-14,17,19H,6,9-10,15-16,18H2,1-2H3,(H,26,30)/t19-/m1/s1.